The molecule has 0 bridgehead atoms. The van der Waals surface area contributed by atoms with Gasteiger partial charge in [-0.1, -0.05) is 6.08 Å². The van der Waals surface area contributed by atoms with E-state index < -0.39 is 8.56 Å². The zero-order valence-corrected chi connectivity index (χ0v) is 10.6. The van der Waals surface area contributed by atoms with Crippen LogP contribution in [0.15, 0.2) is 11.8 Å². The molecule has 3 heteroatoms. The van der Waals surface area contributed by atoms with E-state index in [1.165, 1.54) is 0 Å². The van der Waals surface area contributed by atoms with Gasteiger partial charge in [-0.15, -0.1) is 0 Å². The number of rotatable bonds is 5. The van der Waals surface area contributed by atoms with Crippen molar-refractivity contribution >= 4 is 8.56 Å². The first-order valence-electron chi connectivity index (χ1n) is 4.89. The van der Waals surface area contributed by atoms with E-state index in [0.717, 1.165) is 0 Å². The molecule has 0 rings (SSSR count). The molecule has 0 aliphatic carbocycles. The second kappa shape index (κ2) is 5.57. The molecular weight excluding hydrogens is 180 g/mol. The molecule has 0 spiro atoms. The molecule has 0 radical (unpaired) electrons. The van der Waals surface area contributed by atoms with Crippen LogP contribution in [0.3, 0.4) is 0 Å². The fraction of sp³-hybridized carbons (Fsp3) is 0.800. The summed E-state index contributed by atoms with van der Waals surface area (Å²) in [4.78, 5) is 0. The Kier molecular flexibility index (Phi) is 5.52. The maximum Gasteiger partial charge on any atom is 0.361 e. The van der Waals surface area contributed by atoms with Gasteiger partial charge in [-0.3, -0.25) is 0 Å². The molecule has 0 saturated heterocycles. The number of hydrogen-bond acceptors (Lipinski definition) is 2. The minimum absolute atomic E-state index is 0.228. The second-order valence-electron chi connectivity index (χ2n) is 3.85. The molecule has 0 heterocycles. The lowest BCUT2D eigenvalue weighted by Gasteiger charge is -2.28. The summed E-state index contributed by atoms with van der Waals surface area (Å²) < 4.78 is 11.6. The first-order chi connectivity index (χ1) is 5.89. The summed E-state index contributed by atoms with van der Waals surface area (Å²) in [6, 6.07) is 0. The molecule has 0 aromatic carbocycles. The van der Waals surface area contributed by atoms with Gasteiger partial charge in [0.05, 0.1) is 0 Å². The summed E-state index contributed by atoms with van der Waals surface area (Å²) >= 11 is 0. The summed E-state index contributed by atoms with van der Waals surface area (Å²) in [6.07, 6.45) is 2.47. The minimum atomic E-state index is -2.06. The molecular formula is C10H22O2Si. The maximum atomic E-state index is 5.82. The van der Waals surface area contributed by atoms with Crippen LogP contribution in [0.2, 0.25) is 6.55 Å². The highest BCUT2D eigenvalue weighted by Crippen LogP contribution is 2.14. The van der Waals surface area contributed by atoms with Gasteiger partial charge in [-0.05, 0) is 46.9 Å². The van der Waals surface area contributed by atoms with Gasteiger partial charge in [-0.2, -0.15) is 0 Å². The first kappa shape index (κ1) is 12.9. The normalized spacial score (nSPS) is 13.5. The zero-order chi connectivity index (χ0) is 10.5. The predicted octanol–water partition coefficient (Wildman–Crippen LogP) is 3.02. The molecule has 0 N–H and O–H groups in total. The quantitative estimate of drug-likeness (QED) is 0.638. The number of allylic oxidation sites excluding steroid dienone is 1. The fourth-order valence-corrected chi connectivity index (χ4v) is 4.04. The molecule has 0 aromatic rings. The van der Waals surface area contributed by atoms with Gasteiger partial charge in [0.1, 0.15) is 0 Å². The Morgan fingerprint density at radius 3 is 1.62 bits per heavy atom. The van der Waals surface area contributed by atoms with Gasteiger partial charge in [0.25, 0.3) is 0 Å². The third-order valence-corrected chi connectivity index (χ3v) is 4.23. The van der Waals surface area contributed by atoms with Crippen molar-refractivity contribution in [2.24, 2.45) is 0 Å². The van der Waals surface area contributed by atoms with Crippen LogP contribution >= 0.6 is 0 Å². The van der Waals surface area contributed by atoms with E-state index in [2.05, 4.69) is 12.2 Å². The molecule has 0 aliphatic rings. The van der Waals surface area contributed by atoms with Crippen molar-refractivity contribution < 1.29 is 8.85 Å². The van der Waals surface area contributed by atoms with E-state index in [9.17, 15) is 0 Å². The first-order valence-corrected chi connectivity index (χ1v) is 7.28. The topological polar surface area (TPSA) is 18.5 Å². The highest BCUT2D eigenvalue weighted by atomic mass is 28.4. The van der Waals surface area contributed by atoms with Crippen molar-refractivity contribution in [1.29, 1.82) is 0 Å². The number of hydrogen-bond donors (Lipinski definition) is 0. The molecule has 13 heavy (non-hydrogen) atoms. The molecule has 2 nitrogen and oxygen atoms in total. The standard InChI is InChI=1S/C10H22O2Si/c1-7-8-13(6,11-9(2)3)12-10(4)5/h7-10H,1-6H3. The Labute approximate surface area is 83.2 Å². The Balaban J connectivity index is 4.33. The van der Waals surface area contributed by atoms with Crippen LogP contribution in [0.5, 0.6) is 0 Å². The molecule has 0 aromatic heterocycles. The second-order valence-corrected chi connectivity index (χ2v) is 6.69. The Bertz CT molecular complexity index is 154. The van der Waals surface area contributed by atoms with E-state index in [-0.39, 0.29) is 12.2 Å². The van der Waals surface area contributed by atoms with Crippen LogP contribution in [-0.4, -0.2) is 20.8 Å². The van der Waals surface area contributed by atoms with Crippen LogP contribution in [0, 0.1) is 0 Å². The van der Waals surface area contributed by atoms with Crippen LogP contribution in [0.4, 0.5) is 0 Å². The van der Waals surface area contributed by atoms with E-state index in [0.29, 0.717) is 0 Å². The Morgan fingerprint density at radius 1 is 1.00 bits per heavy atom. The zero-order valence-electron chi connectivity index (χ0n) is 9.63. The summed E-state index contributed by atoms with van der Waals surface area (Å²) in [5.41, 5.74) is 2.08. The van der Waals surface area contributed by atoms with E-state index >= 15 is 0 Å². The average molecular weight is 202 g/mol. The van der Waals surface area contributed by atoms with Gasteiger partial charge in [-0.25, -0.2) is 0 Å². The lowest BCUT2D eigenvalue weighted by atomic mass is 10.5. The predicted molar refractivity (Wildman–Crippen MR) is 58.9 cm³/mol. The third kappa shape index (κ3) is 6.02. The van der Waals surface area contributed by atoms with E-state index in [4.69, 9.17) is 8.85 Å². The summed E-state index contributed by atoms with van der Waals surface area (Å²) in [5.74, 6) is 0. The van der Waals surface area contributed by atoms with Gasteiger partial charge < -0.3 is 8.85 Å². The molecule has 0 unspecified atom stereocenters. The van der Waals surface area contributed by atoms with Gasteiger partial charge >= 0.3 is 8.56 Å². The van der Waals surface area contributed by atoms with Crippen molar-refractivity contribution in [3.63, 3.8) is 0 Å². The lowest BCUT2D eigenvalue weighted by Crippen LogP contribution is -2.41. The summed E-state index contributed by atoms with van der Waals surface area (Å²) in [7, 11) is -2.06. The smallest absolute Gasteiger partial charge is 0.361 e. The van der Waals surface area contributed by atoms with Crippen LogP contribution in [-0.2, 0) is 8.85 Å². The SMILES string of the molecule is CC=C[Si](C)(OC(C)C)OC(C)C. The Morgan fingerprint density at radius 2 is 1.38 bits per heavy atom. The molecule has 78 valence electrons. The van der Waals surface area contributed by atoms with Crippen LogP contribution in [0.1, 0.15) is 34.6 Å². The third-order valence-electron chi connectivity index (χ3n) is 1.41. The van der Waals surface area contributed by atoms with E-state index in [1.54, 1.807) is 0 Å². The maximum absolute atomic E-state index is 5.82. The van der Waals surface area contributed by atoms with Crippen molar-refractivity contribution in [2.75, 3.05) is 0 Å². The average Bonchev–Trinajstić information content (AvgIpc) is 1.81. The van der Waals surface area contributed by atoms with Crippen molar-refractivity contribution in [3.8, 4) is 0 Å². The van der Waals surface area contributed by atoms with Gasteiger partial charge in [0.2, 0.25) is 0 Å². The molecule has 0 fully saturated rings. The van der Waals surface area contributed by atoms with Crippen LogP contribution < -0.4 is 0 Å². The van der Waals surface area contributed by atoms with Crippen molar-refractivity contribution in [3.05, 3.63) is 11.8 Å². The van der Waals surface area contributed by atoms with Gasteiger partial charge in [0, 0.05) is 12.2 Å². The fourth-order valence-electron chi connectivity index (χ4n) is 1.35. The summed E-state index contributed by atoms with van der Waals surface area (Å²) in [6.45, 7) is 12.2. The monoisotopic (exact) mass is 202 g/mol. The molecule has 0 aliphatic heterocycles. The molecule has 0 saturated carbocycles. The largest absolute Gasteiger partial charge is 0.389 e. The van der Waals surface area contributed by atoms with Gasteiger partial charge in [0.15, 0.2) is 0 Å². The minimum Gasteiger partial charge on any atom is -0.389 e. The van der Waals surface area contributed by atoms with Crippen molar-refractivity contribution in [2.45, 2.75) is 53.4 Å². The molecule has 0 atom stereocenters. The Hall–Kier alpha value is -0.123. The summed E-state index contributed by atoms with van der Waals surface area (Å²) in [5, 5.41) is 0. The molecule has 0 amide bonds. The lowest BCUT2D eigenvalue weighted by molar-refractivity contribution is 0.119. The van der Waals surface area contributed by atoms with Crippen LogP contribution in [0.25, 0.3) is 0 Å². The highest BCUT2D eigenvalue weighted by Gasteiger charge is 2.30. The van der Waals surface area contributed by atoms with E-state index in [1.807, 2.05) is 40.7 Å². The highest BCUT2D eigenvalue weighted by molar-refractivity contribution is 6.71. The van der Waals surface area contributed by atoms with Crippen molar-refractivity contribution in [1.82, 2.24) is 0 Å².